The van der Waals surface area contributed by atoms with Gasteiger partial charge in [0.2, 0.25) is 0 Å². The van der Waals surface area contributed by atoms with E-state index in [-0.39, 0.29) is 29.3 Å². The SMILES string of the molecule is C=C(C)C(=O)OCC(O)COC(c1cccc(C(OCC(O)COC(=O)C(=C)C)(C(F)(F)F)C(F)(F)F)c1)(C(F)(F)F)C(F)(F)F. The number of aliphatic hydroxyl groups excluding tert-OH is 2. The molecule has 2 atom stereocenters. The second-order valence-corrected chi connectivity index (χ2v) is 9.62. The van der Waals surface area contributed by atoms with Crippen LogP contribution in [0.1, 0.15) is 25.0 Å². The molecule has 0 aliphatic heterocycles. The standard InChI is InChI=1S/C26H26F12O8/c1-13(2)19(41)43-9-17(39)11-45-21(23(27,28)29,24(30,31)32)15-6-5-7-16(8-15)22(25(33,34)35,26(36,37)38)46-12-18(40)10-44-20(42)14(3)4/h5-8,17-18,39-40H,1,3,9-12H2,2,4H3. The van der Waals surface area contributed by atoms with E-state index in [4.69, 9.17) is 0 Å². The molecule has 1 rings (SSSR count). The second-order valence-electron chi connectivity index (χ2n) is 9.62. The van der Waals surface area contributed by atoms with Crippen LogP contribution in [0.3, 0.4) is 0 Å². The van der Waals surface area contributed by atoms with Gasteiger partial charge >= 0.3 is 36.6 Å². The zero-order chi connectivity index (χ0) is 36.1. The normalized spacial score (nSPS) is 14.8. The van der Waals surface area contributed by atoms with Gasteiger partial charge in [0.15, 0.2) is 0 Å². The van der Waals surface area contributed by atoms with Crippen molar-refractivity contribution >= 4 is 11.9 Å². The van der Waals surface area contributed by atoms with Crippen molar-refractivity contribution in [2.24, 2.45) is 0 Å². The number of esters is 2. The third-order valence-electron chi connectivity index (χ3n) is 5.77. The van der Waals surface area contributed by atoms with Gasteiger partial charge in [-0.1, -0.05) is 31.4 Å². The number of carbonyl (C=O) groups is 2. The number of hydrogen-bond acceptors (Lipinski definition) is 8. The summed E-state index contributed by atoms with van der Waals surface area (Å²) in [4.78, 5) is 22.8. The Morgan fingerprint density at radius 2 is 0.913 bits per heavy atom. The van der Waals surface area contributed by atoms with Crippen molar-refractivity contribution in [3.8, 4) is 0 Å². The van der Waals surface area contributed by atoms with Crippen LogP contribution in [-0.2, 0) is 39.7 Å². The first-order valence-electron chi connectivity index (χ1n) is 12.3. The maximum Gasteiger partial charge on any atom is 0.430 e. The third-order valence-corrected chi connectivity index (χ3v) is 5.77. The van der Waals surface area contributed by atoms with Crippen molar-refractivity contribution in [3.05, 3.63) is 59.7 Å². The molecule has 0 heterocycles. The first kappa shape index (κ1) is 40.7. The first-order chi connectivity index (χ1) is 20.7. The highest BCUT2D eigenvalue weighted by Gasteiger charge is 2.76. The molecular weight excluding hydrogens is 668 g/mol. The van der Waals surface area contributed by atoms with Crippen molar-refractivity contribution in [2.75, 3.05) is 26.4 Å². The van der Waals surface area contributed by atoms with E-state index >= 15 is 0 Å². The van der Waals surface area contributed by atoms with Crippen LogP contribution in [0.2, 0.25) is 0 Å². The van der Waals surface area contributed by atoms with Gasteiger partial charge in [-0.3, -0.25) is 0 Å². The average Bonchev–Trinajstić information content (AvgIpc) is 2.87. The van der Waals surface area contributed by atoms with Crippen LogP contribution in [0.25, 0.3) is 0 Å². The number of ether oxygens (including phenoxy) is 4. The van der Waals surface area contributed by atoms with Gasteiger partial charge in [0, 0.05) is 22.3 Å². The van der Waals surface area contributed by atoms with E-state index < -0.39 is 104 Å². The zero-order valence-electron chi connectivity index (χ0n) is 23.6. The number of hydrogen-bond donors (Lipinski definition) is 2. The maximum atomic E-state index is 14.2. The van der Waals surface area contributed by atoms with Crippen LogP contribution in [0, 0.1) is 0 Å². The van der Waals surface area contributed by atoms with Gasteiger partial charge in [0.1, 0.15) is 25.4 Å². The van der Waals surface area contributed by atoms with Crippen molar-refractivity contribution in [1.29, 1.82) is 0 Å². The smallest absolute Gasteiger partial charge is 0.430 e. The van der Waals surface area contributed by atoms with Gasteiger partial charge < -0.3 is 29.2 Å². The van der Waals surface area contributed by atoms with E-state index in [9.17, 15) is 72.5 Å². The van der Waals surface area contributed by atoms with Crippen molar-refractivity contribution in [3.63, 3.8) is 0 Å². The Labute approximate surface area is 252 Å². The Bertz CT molecular complexity index is 1130. The quantitative estimate of drug-likeness (QED) is 0.153. The molecule has 20 heteroatoms. The summed E-state index contributed by atoms with van der Waals surface area (Å²) in [6.45, 7) is 2.06. The molecule has 0 aromatic heterocycles. The number of carbonyl (C=O) groups excluding carboxylic acids is 2. The predicted molar refractivity (Wildman–Crippen MR) is 129 cm³/mol. The molecule has 0 aliphatic rings. The molecule has 262 valence electrons. The van der Waals surface area contributed by atoms with E-state index in [1.54, 1.807) is 0 Å². The maximum absolute atomic E-state index is 14.2. The fraction of sp³-hybridized carbons (Fsp3) is 0.538. The third kappa shape index (κ3) is 8.91. The van der Waals surface area contributed by atoms with E-state index in [0.717, 1.165) is 13.8 Å². The Balaban J connectivity index is 3.78. The summed E-state index contributed by atoms with van der Waals surface area (Å²) in [6, 6.07) is -1.04. The molecule has 0 amide bonds. The Hall–Kier alpha value is -3.36. The fourth-order valence-corrected chi connectivity index (χ4v) is 3.56. The highest BCUT2D eigenvalue weighted by atomic mass is 19.4. The molecule has 8 nitrogen and oxygen atoms in total. The molecule has 0 fully saturated rings. The Morgan fingerprint density at radius 3 is 1.15 bits per heavy atom. The van der Waals surface area contributed by atoms with Gasteiger partial charge in [0.25, 0.3) is 11.2 Å². The largest absolute Gasteiger partial charge is 0.460 e. The Morgan fingerprint density at radius 1 is 0.630 bits per heavy atom. The molecular formula is C26H26F12O8. The fourth-order valence-electron chi connectivity index (χ4n) is 3.56. The number of alkyl halides is 12. The molecule has 1 aromatic rings. The van der Waals surface area contributed by atoms with Gasteiger partial charge in [-0.15, -0.1) is 0 Å². The zero-order valence-corrected chi connectivity index (χ0v) is 23.6. The molecule has 0 radical (unpaired) electrons. The summed E-state index contributed by atoms with van der Waals surface area (Å²) >= 11 is 0. The van der Waals surface area contributed by atoms with Gasteiger partial charge in [-0.25, -0.2) is 9.59 Å². The van der Waals surface area contributed by atoms with E-state index in [1.807, 2.05) is 0 Å². The highest BCUT2D eigenvalue weighted by Crippen LogP contribution is 2.56. The number of benzene rings is 1. The molecule has 2 N–H and O–H groups in total. The van der Waals surface area contributed by atoms with Crippen LogP contribution >= 0.6 is 0 Å². The van der Waals surface area contributed by atoms with Crippen LogP contribution in [-0.4, -0.2) is 85.5 Å². The molecule has 0 saturated heterocycles. The molecule has 0 aliphatic carbocycles. The highest BCUT2D eigenvalue weighted by molar-refractivity contribution is 5.87. The lowest BCUT2D eigenvalue weighted by Gasteiger charge is -2.40. The number of halogens is 12. The van der Waals surface area contributed by atoms with Crippen molar-refractivity contribution in [2.45, 2.75) is 62.0 Å². The summed E-state index contributed by atoms with van der Waals surface area (Å²) in [6.07, 6.45) is -31.4. The van der Waals surface area contributed by atoms with Crippen LogP contribution < -0.4 is 0 Å². The van der Waals surface area contributed by atoms with Gasteiger partial charge in [0.05, 0.1) is 13.2 Å². The topological polar surface area (TPSA) is 112 Å². The minimum absolute atomic E-state index is 0.00796. The molecule has 46 heavy (non-hydrogen) atoms. The second kappa shape index (κ2) is 14.6. The van der Waals surface area contributed by atoms with Crippen molar-refractivity contribution in [1.82, 2.24) is 0 Å². The summed E-state index contributed by atoms with van der Waals surface area (Å²) in [5.41, 5.74) is -16.6. The average molecular weight is 694 g/mol. The number of aliphatic hydroxyl groups is 2. The van der Waals surface area contributed by atoms with Gasteiger partial charge in [-0.05, 0) is 19.9 Å². The van der Waals surface area contributed by atoms with E-state index in [2.05, 4.69) is 32.1 Å². The monoisotopic (exact) mass is 694 g/mol. The summed E-state index contributed by atoms with van der Waals surface area (Å²) in [7, 11) is 0. The lowest BCUT2D eigenvalue weighted by molar-refractivity contribution is -0.394. The van der Waals surface area contributed by atoms with Crippen LogP contribution in [0.15, 0.2) is 48.6 Å². The molecule has 1 aromatic carbocycles. The predicted octanol–water partition coefficient (Wildman–Crippen LogP) is 5.32. The van der Waals surface area contributed by atoms with E-state index in [1.165, 1.54) is 0 Å². The Kier molecular flexibility index (Phi) is 12.9. The minimum Gasteiger partial charge on any atom is -0.460 e. The molecule has 0 bridgehead atoms. The van der Waals surface area contributed by atoms with Gasteiger partial charge in [-0.2, -0.15) is 52.7 Å². The minimum atomic E-state index is -6.65. The lowest BCUT2D eigenvalue weighted by Crippen LogP contribution is -2.58. The lowest BCUT2D eigenvalue weighted by atomic mass is 9.85. The summed E-state index contributed by atoms with van der Waals surface area (Å²) in [5, 5.41) is 19.6. The first-order valence-corrected chi connectivity index (χ1v) is 12.3. The summed E-state index contributed by atoms with van der Waals surface area (Å²) < 4.78 is 187. The van der Waals surface area contributed by atoms with E-state index in [0.29, 0.717) is 0 Å². The number of rotatable bonds is 14. The summed E-state index contributed by atoms with van der Waals surface area (Å²) in [5.74, 6) is -2.45. The van der Waals surface area contributed by atoms with Crippen molar-refractivity contribution < 1.29 is 91.4 Å². The van der Waals surface area contributed by atoms with Crippen LogP contribution in [0.5, 0.6) is 0 Å². The molecule has 0 spiro atoms. The van der Waals surface area contributed by atoms with Crippen LogP contribution in [0.4, 0.5) is 52.7 Å². The molecule has 0 saturated carbocycles. The molecule has 2 unspecified atom stereocenters.